The van der Waals surface area contributed by atoms with Crippen LogP contribution < -0.4 is 10.5 Å². The second kappa shape index (κ2) is 4.70. The van der Waals surface area contributed by atoms with Gasteiger partial charge >= 0.3 is 0 Å². The number of hydrogen-bond acceptors (Lipinski definition) is 3. The van der Waals surface area contributed by atoms with E-state index in [4.69, 9.17) is 15.5 Å². The molecule has 2 aromatic rings. The first kappa shape index (κ1) is 12.2. The summed E-state index contributed by atoms with van der Waals surface area (Å²) in [6.07, 6.45) is 2.16. The van der Waals surface area contributed by atoms with E-state index in [9.17, 15) is 0 Å². The van der Waals surface area contributed by atoms with E-state index in [1.54, 1.807) is 7.11 Å². The Kier molecular flexibility index (Phi) is 3.03. The Hall–Kier alpha value is -1.81. The van der Waals surface area contributed by atoms with Gasteiger partial charge in [0.05, 0.1) is 18.8 Å². The zero-order valence-corrected chi connectivity index (χ0v) is 11.4. The molecule has 1 atom stereocenters. The SMILES string of the molecule is COc1ccc(-c2nc3n(c2C)CCCC3N)cc1. The van der Waals surface area contributed by atoms with Crippen LogP contribution in [0.3, 0.4) is 0 Å². The van der Waals surface area contributed by atoms with E-state index in [0.29, 0.717) is 0 Å². The van der Waals surface area contributed by atoms with Crippen molar-refractivity contribution in [3.63, 3.8) is 0 Å². The Balaban J connectivity index is 2.05. The Morgan fingerprint density at radius 3 is 2.68 bits per heavy atom. The van der Waals surface area contributed by atoms with Crippen molar-refractivity contribution >= 4 is 0 Å². The smallest absolute Gasteiger partial charge is 0.126 e. The number of nitrogens with zero attached hydrogens (tertiary/aromatic N) is 2. The quantitative estimate of drug-likeness (QED) is 0.900. The minimum absolute atomic E-state index is 0.0689. The summed E-state index contributed by atoms with van der Waals surface area (Å²) in [7, 11) is 1.68. The van der Waals surface area contributed by atoms with Crippen LogP contribution in [0.15, 0.2) is 24.3 Å². The summed E-state index contributed by atoms with van der Waals surface area (Å²) >= 11 is 0. The number of benzene rings is 1. The van der Waals surface area contributed by atoms with Gasteiger partial charge in [0.1, 0.15) is 11.6 Å². The van der Waals surface area contributed by atoms with Crippen molar-refractivity contribution in [3.8, 4) is 17.0 Å². The van der Waals surface area contributed by atoms with E-state index < -0.39 is 0 Å². The lowest BCUT2D eigenvalue weighted by atomic mass is 10.1. The fraction of sp³-hybridized carbons (Fsp3) is 0.400. The van der Waals surface area contributed by atoms with Gasteiger partial charge in [-0.1, -0.05) is 0 Å². The molecule has 0 radical (unpaired) electrons. The highest BCUT2D eigenvalue weighted by atomic mass is 16.5. The van der Waals surface area contributed by atoms with Gasteiger partial charge in [0, 0.05) is 17.8 Å². The van der Waals surface area contributed by atoms with Crippen LogP contribution in [0, 0.1) is 6.92 Å². The molecule has 1 aromatic carbocycles. The molecule has 1 aliphatic rings. The molecule has 19 heavy (non-hydrogen) atoms. The molecule has 0 amide bonds. The van der Waals surface area contributed by atoms with Gasteiger partial charge in [-0.05, 0) is 44.0 Å². The Morgan fingerprint density at radius 1 is 1.32 bits per heavy atom. The zero-order chi connectivity index (χ0) is 13.4. The van der Waals surface area contributed by atoms with Crippen LogP contribution in [0.2, 0.25) is 0 Å². The fourth-order valence-electron chi connectivity index (χ4n) is 2.74. The van der Waals surface area contributed by atoms with E-state index in [-0.39, 0.29) is 6.04 Å². The van der Waals surface area contributed by atoms with Gasteiger partial charge in [0.25, 0.3) is 0 Å². The van der Waals surface area contributed by atoms with Crippen LogP contribution >= 0.6 is 0 Å². The average molecular weight is 257 g/mol. The van der Waals surface area contributed by atoms with Crippen molar-refractivity contribution in [2.24, 2.45) is 5.73 Å². The minimum atomic E-state index is 0.0689. The van der Waals surface area contributed by atoms with Gasteiger partial charge in [-0.3, -0.25) is 0 Å². The first-order valence-electron chi connectivity index (χ1n) is 6.67. The molecule has 0 aliphatic carbocycles. The van der Waals surface area contributed by atoms with Crippen molar-refractivity contribution in [1.29, 1.82) is 0 Å². The van der Waals surface area contributed by atoms with E-state index >= 15 is 0 Å². The van der Waals surface area contributed by atoms with Crippen LogP contribution in [0.1, 0.15) is 30.4 Å². The van der Waals surface area contributed by atoms with Crippen LogP contribution in [0.25, 0.3) is 11.3 Å². The molecule has 0 bridgehead atoms. The number of nitrogens with two attached hydrogens (primary N) is 1. The molecule has 0 spiro atoms. The third kappa shape index (κ3) is 2.02. The molecule has 4 nitrogen and oxygen atoms in total. The number of aromatic nitrogens is 2. The molecule has 2 N–H and O–H groups in total. The van der Waals surface area contributed by atoms with Crippen molar-refractivity contribution < 1.29 is 4.74 Å². The van der Waals surface area contributed by atoms with E-state index in [1.807, 2.05) is 24.3 Å². The monoisotopic (exact) mass is 257 g/mol. The lowest BCUT2D eigenvalue weighted by Crippen LogP contribution is -2.22. The lowest BCUT2D eigenvalue weighted by molar-refractivity contribution is 0.415. The number of imidazole rings is 1. The van der Waals surface area contributed by atoms with Gasteiger partial charge < -0.3 is 15.0 Å². The number of hydrogen-bond donors (Lipinski definition) is 1. The maximum Gasteiger partial charge on any atom is 0.126 e. The van der Waals surface area contributed by atoms with Crippen LogP contribution in [-0.2, 0) is 6.54 Å². The summed E-state index contributed by atoms with van der Waals surface area (Å²) < 4.78 is 7.45. The molecule has 0 fully saturated rings. The van der Waals surface area contributed by atoms with E-state index in [2.05, 4.69) is 11.5 Å². The minimum Gasteiger partial charge on any atom is -0.497 e. The van der Waals surface area contributed by atoms with E-state index in [0.717, 1.165) is 42.2 Å². The number of rotatable bonds is 2. The van der Waals surface area contributed by atoms with Crippen molar-refractivity contribution in [2.75, 3.05) is 7.11 Å². The number of ether oxygens (including phenoxy) is 1. The van der Waals surface area contributed by atoms with Crippen LogP contribution in [0.5, 0.6) is 5.75 Å². The number of fused-ring (bicyclic) bond motifs is 1. The highest BCUT2D eigenvalue weighted by Gasteiger charge is 2.23. The van der Waals surface area contributed by atoms with Crippen molar-refractivity contribution in [3.05, 3.63) is 35.8 Å². The molecule has 0 saturated heterocycles. The predicted octanol–water partition coefficient (Wildman–Crippen LogP) is 2.66. The molecular formula is C15H19N3O. The molecule has 1 aliphatic heterocycles. The molecule has 1 unspecified atom stereocenters. The topological polar surface area (TPSA) is 53.1 Å². The van der Waals surface area contributed by atoms with E-state index in [1.165, 1.54) is 5.69 Å². The first-order valence-corrected chi connectivity index (χ1v) is 6.67. The van der Waals surface area contributed by atoms with Crippen molar-refractivity contribution in [2.45, 2.75) is 32.4 Å². The number of methoxy groups -OCH3 is 1. The zero-order valence-electron chi connectivity index (χ0n) is 11.4. The van der Waals surface area contributed by atoms with Crippen molar-refractivity contribution in [1.82, 2.24) is 9.55 Å². The maximum absolute atomic E-state index is 6.15. The average Bonchev–Trinajstić information content (AvgIpc) is 2.78. The Bertz CT molecular complexity index is 586. The standard InChI is InChI=1S/C15H19N3O/c1-10-14(11-5-7-12(19-2)8-6-11)17-15-13(16)4-3-9-18(10)15/h5-8,13H,3-4,9,16H2,1-2H3. The molecule has 3 rings (SSSR count). The summed E-state index contributed by atoms with van der Waals surface area (Å²) in [6.45, 7) is 3.14. The second-order valence-corrected chi connectivity index (χ2v) is 5.03. The molecule has 0 saturated carbocycles. The first-order chi connectivity index (χ1) is 9.20. The van der Waals surface area contributed by atoms with Crippen LogP contribution in [0.4, 0.5) is 0 Å². The third-order valence-electron chi connectivity index (χ3n) is 3.84. The Morgan fingerprint density at radius 2 is 2.05 bits per heavy atom. The highest BCUT2D eigenvalue weighted by molar-refractivity contribution is 5.63. The van der Waals surface area contributed by atoms with Gasteiger partial charge in [0.15, 0.2) is 0 Å². The molecule has 2 heterocycles. The van der Waals surface area contributed by atoms with Gasteiger partial charge in [-0.15, -0.1) is 0 Å². The summed E-state index contributed by atoms with van der Waals surface area (Å²) in [5.41, 5.74) is 9.51. The Labute approximate surface area is 113 Å². The largest absolute Gasteiger partial charge is 0.497 e. The third-order valence-corrected chi connectivity index (χ3v) is 3.84. The summed E-state index contributed by atoms with van der Waals surface area (Å²) in [6, 6.07) is 8.09. The molecule has 1 aromatic heterocycles. The molecule has 4 heteroatoms. The molecular weight excluding hydrogens is 238 g/mol. The highest BCUT2D eigenvalue weighted by Crippen LogP contribution is 2.31. The van der Waals surface area contributed by atoms with Gasteiger partial charge in [0.2, 0.25) is 0 Å². The summed E-state index contributed by atoms with van der Waals surface area (Å²) in [5.74, 6) is 1.89. The summed E-state index contributed by atoms with van der Waals surface area (Å²) in [4.78, 5) is 4.75. The fourth-order valence-corrected chi connectivity index (χ4v) is 2.74. The van der Waals surface area contributed by atoms with Gasteiger partial charge in [-0.2, -0.15) is 0 Å². The maximum atomic E-state index is 6.15. The summed E-state index contributed by atoms with van der Waals surface area (Å²) in [5, 5.41) is 0. The molecule has 100 valence electrons. The lowest BCUT2D eigenvalue weighted by Gasteiger charge is -2.20. The van der Waals surface area contributed by atoms with Crippen LogP contribution in [-0.4, -0.2) is 16.7 Å². The normalized spacial score (nSPS) is 18.2. The predicted molar refractivity (Wildman–Crippen MR) is 75.1 cm³/mol. The second-order valence-electron chi connectivity index (χ2n) is 5.03. The van der Waals surface area contributed by atoms with Gasteiger partial charge in [-0.25, -0.2) is 4.98 Å².